The van der Waals surface area contributed by atoms with Crippen LogP contribution in [0.2, 0.25) is 0 Å². The average Bonchev–Trinajstić information content (AvgIpc) is 3.10. The van der Waals surface area contributed by atoms with Gasteiger partial charge in [0.05, 0.1) is 12.0 Å². The molecule has 0 radical (unpaired) electrons. The average molecular weight is 379 g/mol. The largest absolute Gasteiger partial charge is 0.426 e. The fourth-order valence-electron chi connectivity index (χ4n) is 2.45. The SMILES string of the molecule is CN(C)c1cccc(Cn2nnc(-c3ccc(OC(=O)C(C)(C)C)cc3)n2)c1. The first-order valence-corrected chi connectivity index (χ1v) is 9.09. The van der Waals surface area contributed by atoms with E-state index < -0.39 is 5.41 Å². The lowest BCUT2D eigenvalue weighted by Gasteiger charge is -2.16. The second-order valence-corrected chi connectivity index (χ2v) is 7.87. The molecule has 0 atom stereocenters. The first-order valence-electron chi connectivity index (χ1n) is 9.09. The molecule has 0 saturated heterocycles. The molecule has 0 aliphatic rings. The van der Waals surface area contributed by atoms with E-state index in [0.717, 1.165) is 16.8 Å². The molecule has 0 aliphatic heterocycles. The minimum absolute atomic E-state index is 0.274. The smallest absolute Gasteiger partial charge is 0.316 e. The highest BCUT2D eigenvalue weighted by atomic mass is 16.5. The van der Waals surface area contributed by atoms with Gasteiger partial charge in [-0.25, -0.2) is 0 Å². The Hall–Kier alpha value is -3.22. The molecule has 0 saturated carbocycles. The Morgan fingerprint density at radius 3 is 2.46 bits per heavy atom. The van der Waals surface area contributed by atoms with Crippen LogP contribution in [-0.4, -0.2) is 40.3 Å². The van der Waals surface area contributed by atoms with Crippen LogP contribution < -0.4 is 9.64 Å². The summed E-state index contributed by atoms with van der Waals surface area (Å²) in [7, 11) is 4.01. The van der Waals surface area contributed by atoms with Crippen LogP contribution in [0.4, 0.5) is 5.69 Å². The Labute approximate surface area is 164 Å². The summed E-state index contributed by atoms with van der Waals surface area (Å²) in [6.07, 6.45) is 0. The zero-order chi connectivity index (χ0) is 20.3. The molecule has 0 fully saturated rings. The number of ether oxygens (including phenoxy) is 1. The maximum atomic E-state index is 12.0. The van der Waals surface area contributed by atoms with Gasteiger partial charge in [-0.2, -0.15) is 4.80 Å². The van der Waals surface area contributed by atoms with Crippen molar-refractivity contribution in [1.29, 1.82) is 0 Å². The molecule has 2 aromatic carbocycles. The monoisotopic (exact) mass is 379 g/mol. The van der Waals surface area contributed by atoms with Gasteiger partial charge < -0.3 is 9.64 Å². The molecule has 7 nitrogen and oxygen atoms in total. The highest BCUT2D eigenvalue weighted by molar-refractivity contribution is 5.78. The fourth-order valence-corrected chi connectivity index (χ4v) is 2.45. The van der Waals surface area contributed by atoms with Crippen molar-refractivity contribution in [3.63, 3.8) is 0 Å². The Balaban J connectivity index is 1.70. The number of carbonyl (C=O) groups excluding carboxylic acids is 1. The summed E-state index contributed by atoms with van der Waals surface area (Å²) in [6.45, 7) is 6.00. The van der Waals surface area contributed by atoms with E-state index in [1.54, 1.807) is 16.9 Å². The summed E-state index contributed by atoms with van der Waals surface area (Å²) >= 11 is 0. The van der Waals surface area contributed by atoms with Crippen LogP contribution in [0.5, 0.6) is 5.75 Å². The predicted octanol–water partition coefficient (Wildman–Crippen LogP) is 3.41. The molecule has 0 amide bonds. The molecule has 0 N–H and O–H groups in total. The lowest BCUT2D eigenvalue weighted by atomic mass is 9.97. The molecule has 146 valence electrons. The Morgan fingerprint density at radius 2 is 1.82 bits per heavy atom. The number of tetrazole rings is 1. The zero-order valence-electron chi connectivity index (χ0n) is 16.9. The lowest BCUT2D eigenvalue weighted by molar-refractivity contribution is -0.142. The van der Waals surface area contributed by atoms with Crippen LogP contribution in [0, 0.1) is 5.41 Å². The summed E-state index contributed by atoms with van der Waals surface area (Å²) in [5, 5.41) is 12.7. The van der Waals surface area contributed by atoms with Crippen LogP contribution in [0.1, 0.15) is 26.3 Å². The van der Waals surface area contributed by atoms with Gasteiger partial charge in [-0.3, -0.25) is 4.79 Å². The van der Waals surface area contributed by atoms with Crippen LogP contribution in [0.3, 0.4) is 0 Å². The van der Waals surface area contributed by atoms with Gasteiger partial charge >= 0.3 is 5.97 Å². The Kier molecular flexibility index (Phi) is 5.44. The summed E-state index contributed by atoms with van der Waals surface area (Å²) in [5.74, 6) is 0.748. The standard InChI is InChI=1S/C21H25N5O2/c1-21(2,3)20(27)28-18-11-9-16(10-12-18)19-22-24-26(23-19)14-15-7-6-8-17(13-15)25(4)5/h6-13H,14H2,1-5H3. The van der Waals surface area contributed by atoms with E-state index >= 15 is 0 Å². The second kappa shape index (κ2) is 7.80. The molecule has 3 aromatic rings. The van der Waals surface area contributed by atoms with Gasteiger partial charge in [-0.1, -0.05) is 12.1 Å². The fraction of sp³-hybridized carbons (Fsp3) is 0.333. The van der Waals surface area contributed by atoms with Crippen LogP contribution >= 0.6 is 0 Å². The second-order valence-electron chi connectivity index (χ2n) is 7.87. The van der Waals surface area contributed by atoms with Crippen molar-refractivity contribution >= 4 is 11.7 Å². The Morgan fingerprint density at radius 1 is 1.11 bits per heavy atom. The van der Waals surface area contributed by atoms with E-state index in [9.17, 15) is 4.79 Å². The third-order valence-electron chi connectivity index (χ3n) is 4.14. The van der Waals surface area contributed by atoms with Crippen molar-refractivity contribution in [3.8, 4) is 17.1 Å². The topological polar surface area (TPSA) is 73.1 Å². The minimum atomic E-state index is -0.549. The third kappa shape index (κ3) is 4.73. The van der Waals surface area contributed by atoms with Crippen molar-refractivity contribution in [3.05, 3.63) is 54.1 Å². The first kappa shape index (κ1) is 19.5. The maximum absolute atomic E-state index is 12.0. The molecule has 0 aliphatic carbocycles. The number of aromatic nitrogens is 4. The van der Waals surface area contributed by atoms with Gasteiger partial charge in [-0.15, -0.1) is 10.2 Å². The van der Waals surface area contributed by atoms with E-state index in [4.69, 9.17) is 4.74 Å². The molecular formula is C21H25N5O2. The van der Waals surface area contributed by atoms with E-state index in [1.807, 2.05) is 59.1 Å². The quantitative estimate of drug-likeness (QED) is 0.500. The number of hydrogen-bond acceptors (Lipinski definition) is 6. The minimum Gasteiger partial charge on any atom is -0.426 e. The molecule has 7 heteroatoms. The van der Waals surface area contributed by atoms with E-state index in [2.05, 4.69) is 32.4 Å². The molecule has 1 heterocycles. The number of anilines is 1. The molecule has 0 unspecified atom stereocenters. The number of nitrogens with zero attached hydrogens (tertiary/aromatic N) is 5. The van der Waals surface area contributed by atoms with E-state index in [-0.39, 0.29) is 5.97 Å². The van der Waals surface area contributed by atoms with Crippen molar-refractivity contribution in [1.82, 2.24) is 20.2 Å². The number of carbonyl (C=O) groups is 1. The molecular weight excluding hydrogens is 354 g/mol. The van der Waals surface area contributed by atoms with Gasteiger partial charge in [0.25, 0.3) is 0 Å². The van der Waals surface area contributed by atoms with Crippen molar-refractivity contribution < 1.29 is 9.53 Å². The normalized spacial score (nSPS) is 11.3. The van der Waals surface area contributed by atoms with Gasteiger partial charge in [-0.05, 0) is 67.9 Å². The highest BCUT2D eigenvalue weighted by Gasteiger charge is 2.23. The molecule has 1 aromatic heterocycles. The lowest BCUT2D eigenvalue weighted by Crippen LogP contribution is -2.25. The van der Waals surface area contributed by atoms with Gasteiger partial charge in [0.1, 0.15) is 5.75 Å². The van der Waals surface area contributed by atoms with E-state index in [0.29, 0.717) is 18.1 Å². The van der Waals surface area contributed by atoms with Crippen LogP contribution in [-0.2, 0) is 11.3 Å². The number of rotatable bonds is 5. The number of benzene rings is 2. The van der Waals surface area contributed by atoms with E-state index in [1.165, 1.54) is 0 Å². The maximum Gasteiger partial charge on any atom is 0.316 e. The van der Waals surface area contributed by atoms with Crippen LogP contribution in [0.15, 0.2) is 48.5 Å². The summed E-state index contributed by atoms with van der Waals surface area (Å²) in [5.41, 5.74) is 2.48. The highest BCUT2D eigenvalue weighted by Crippen LogP contribution is 2.22. The van der Waals surface area contributed by atoms with Crippen molar-refractivity contribution in [2.24, 2.45) is 5.41 Å². The number of esters is 1. The molecule has 28 heavy (non-hydrogen) atoms. The summed E-state index contributed by atoms with van der Waals surface area (Å²) < 4.78 is 5.38. The molecule has 3 rings (SSSR count). The first-order chi connectivity index (χ1) is 13.2. The summed E-state index contributed by atoms with van der Waals surface area (Å²) in [6, 6.07) is 15.3. The zero-order valence-corrected chi connectivity index (χ0v) is 16.9. The predicted molar refractivity (Wildman–Crippen MR) is 108 cm³/mol. The number of hydrogen-bond donors (Lipinski definition) is 0. The van der Waals surface area contributed by atoms with Crippen molar-refractivity contribution in [2.45, 2.75) is 27.3 Å². The third-order valence-corrected chi connectivity index (χ3v) is 4.14. The Bertz CT molecular complexity index is 955. The van der Waals surface area contributed by atoms with Gasteiger partial charge in [0.2, 0.25) is 5.82 Å². The van der Waals surface area contributed by atoms with Crippen molar-refractivity contribution in [2.75, 3.05) is 19.0 Å². The van der Waals surface area contributed by atoms with Gasteiger partial charge in [0, 0.05) is 25.3 Å². The molecule has 0 spiro atoms. The van der Waals surface area contributed by atoms with Gasteiger partial charge in [0.15, 0.2) is 0 Å². The summed E-state index contributed by atoms with van der Waals surface area (Å²) in [4.78, 5) is 15.6. The molecule has 0 bridgehead atoms. The van der Waals surface area contributed by atoms with Crippen LogP contribution in [0.25, 0.3) is 11.4 Å².